The van der Waals surface area contributed by atoms with Gasteiger partial charge < -0.3 is 10.1 Å². The van der Waals surface area contributed by atoms with Gasteiger partial charge in [0.05, 0.1) is 0 Å². The minimum absolute atomic E-state index is 0. The third-order valence-electron chi connectivity index (χ3n) is 5.46. The molecule has 4 nitrogen and oxygen atoms in total. The number of pyridine rings is 2. The normalized spacial score (nSPS) is 10.8. The van der Waals surface area contributed by atoms with Gasteiger partial charge in [0.25, 0.3) is 0 Å². The number of carboxylic acid groups (broad SMARTS) is 1. The fourth-order valence-corrected chi connectivity index (χ4v) is 4.61. The number of benzene rings is 2. The van der Waals surface area contributed by atoms with Crippen molar-refractivity contribution in [3.63, 3.8) is 0 Å². The molecule has 0 bridgehead atoms. The van der Waals surface area contributed by atoms with E-state index >= 15 is 0 Å². The van der Waals surface area contributed by atoms with E-state index in [0.717, 1.165) is 32.3 Å². The molecule has 1 radical (unpaired) electrons. The molecule has 2 aromatic carbocycles. The monoisotopic (exact) mass is 694 g/mol. The van der Waals surface area contributed by atoms with Crippen molar-refractivity contribution in [2.45, 2.75) is 26.2 Å². The molecule has 0 fully saturated rings. The summed E-state index contributed by atoms with van der Waals surface area (Å²) in [5.41, 5.74) is 3.46. The van der Waals surface area contributed by atoms with Gasteiger partial charge in [-0.3, -0.25) is 0 Å². The Bertz CT molecular complexity index is 1520. The molecule has 0 amide bonds. The number of hydrogen-bond acceptors (Lipinski definition) is 4. The van der Waals surface area contributed by atoms with Gasteiger partial charge in [-0.15, -0.1) is 46.7 Å². The maximum Gasteiger partial charge on any atom is 0.354 e. The summed E-state index contributed by atoms with van der Waals surface area (Å²) in [6, 6.07) is 21.7. The van der Waals surface area contributed by atoms with Crippen molar-refractivity contribution in [2.75, 3.05) is 0 Å². The molecule has 3 heterocycles. The molecule has 191 valence electrons. The number of fused-ring (bicyclic) bond motifs is 1. The summed E-state index contributed by atoms with van der Waals surface area (Å²) >= 11 is 1.47. The van der Waals surface area contributed by atoms with Crippen LogP contribution in [-0.4, -0.2) is 21.0 Å². The molecule has 5 aromatic rings. The first kappa shape index (κ1) is 28.3. The second-order valence-electron chi connectivity index (χ2n) is 9.07. The van der Waals surface area contributed by atoms with Crippen LogP contribution in [-0.2, 0) is 25.5 Å². The molecule has 3 aromatic heterocycles. The first-order valence-corrected chi connectivity index (χ1v) is 12.0. The van der Waals surface area contributed by atoms with E-state index in [0.29, 0.717) is 5.56 Å². The molecule has 0 saturated carbocycles. The van der Waals surface area contributed by atoms with E-state index in [-0.39, 0.29) is 31.2 Å². The van der Waals surface area contributed by atoms with Gasteiger partial charge in [-0.25, -0.2) is 18.6 Å². The van der Waals surface area contributed by atoms with Crippen molar-refractivity contribution in [2.24, 2.45) is 0 Å². The third kappa shape index (κ3) is 6.72. The van der Waals surface area contributed by atoms with E-state index in [2.05, 4.69) is 42.9 Å². The maximum atomic E-state index is 14.2. The van der Waals surface area contributed by atoms with E-state index in [1.165, 1.54) is 41.3 Å². The summed E-state index contributed by atoms with van der Waals surface area (Å²) < 4.78 is 28.4. The van der Waals surface area contributed by atoms with E-state index in [4.69, 9.17) is 5.11 Å². The Labute approximate surface area is 231 Å². The van der Waals surface area contributed by atoms with Gasteiger partial charge in [0, 0.05) is 53.7 Å². The Hall–Kier alpha value is -3.32. The van der Waals surface area contributed by atoms with Gasteiger partial charge in [0.2, 0.25) is 0 Å². The summed E-state index contributed by atoms with van der Waals surface area (Å²) in [5, 5.41) is 9.27. The first-order valence-electron chi connectivity index (χ1n) is 11.1. The number of carboxylic acids is 1. The zero-order chi connectivity index (χ0) is 25.9. The number of hydrogen-bond donors (Lipinski definition) is 1. The molecular formula is C29H23F2IrN2O2S-. The van der Waals surface area contributed by atoms with Crippen LogP contribution in [0.1, 0.15) is 36.8 Å². The average Bonchev–Trinajstić information content (AvgIpc) is 3.28. The van der Waals surface area contributed by atoms with E-state index in [1.807, 2.05) is 24.3 Å². The molecule has 0 atom stereocenters. The van der Waals surface area contributed by atoms with Crippen molar-refractivity contribution in [3.8, 4) is 21.7 Å². The van der Waals surface area contributed by atoms with Crippen LogP contribution in [0.5, 0.6) is 0 Å². The molecule has 0 aliphatic rings. The van der Waals surface area contributed by atoms with Crippen LogP contribution in [0.2, 0.25) is 0 Å². The largest absolute Gasteiger partial charge is 0.477 e. The molecule has 0 spiro atoms. The van der Waals surface area contributed by atoms with Gasteiger partial charge in [0.15, 0.2) is 0 Å². The molecular weight excluding hydrogens is 671 g/mol. The standard InChI is InChI=1S/C23H18F2NS.C6H5NO2.Ir/c1-23(2,3)15-6-4-14(5-7-15)22-18-13-21(27-20(18)10-11-26-22)17-9-8-16(24)12-19(17)25;8-6(9)5-3-1-2-4-7-5;/h4,6-13H,1-3H3;1-4H,(H,8,9);/q-1;;. The zero-order valence-electron chi connectivity index (χ0n) is 20.3. The SMILES string of the molecule is CC(C)(C)c1c[c-]c(-c2nccc3sc(-c4ccc(F)cc4F)cc23)cc1.O=C(O)c1ccccn1.[Ir]. The fourth-order valence-electron chi connectivity index (χ4n) is 3.53. The maximum absolute atomic E-state index is 14.2. The summed E-state index contributed by atoms with van der Waals surface area (Å²) in [6.07, 6.45) is 3.20. The second-order valence-corrected chi connectivity index (χ2v) is 10.2. The molecule has 0 unspecified atom stereocenters. The predicted molar refractivity (Wildman–Crippen MR) is 139 cm³/mol. The van der Waals surface area contributed by atoms with Crippen LogP contribution in [0, 0.1) is 17.7 Å². The number of halogens is 2. The molecule has 1 N–H and O–H groups in total. The predicted octanol–water partition coefficient (Wildman–Crippen LogP) is 7.78. The Morgan fingerprint density at radius 1 is 0.973 bits per heavy atom. The van der Waals surface area contributed by atoms with Crippen LogP contribution in [0.25, 0.3) is 31.8 Å². The summed E-state index contributed by atoms with van der Waals surface area (Å²) in [5.74, 6) is -2.12. The van der Waals surface area contributed by atoms with Crippen LogP contribution in [0.15, 0.2) is 79.1 Å². The summed E-state index contributed by atoms with van der Waals surface area (Å²) in [7, 11) is 0. The number of nitrogens with zero attached hydrogens (tertiary/aromatic N) is 2. The topological polar surface area (TPSA) is 63.1 Å². The molecule has 8 heteroatoms. The summed E-state index contributed by atoms with van der Waals surface area (Å²) in [6.45, 7) is 6.49. The molecule has 0 aliphatic carbocycles. The van der Waals surface area contributed by atoms with Crippen LogP contribution in [0.3, 0.4) is 0 Å². The van der Waals surface area contributed by atoms with Gasteiger partial charge in [0.1, 0.15) is 17.3 Å². The molecule has 5 rings (SSSR count). The van der Waals surface area contributed by atoms with E-state index < -0.39 is 17.6 Å². The fraction of sp³-hybridized carbons (Fsp3) is 0.138. The summed E-state index contributed by atoms with van der Waals surface area (Å²) in [4.78, 5) is 19.0. The first-order chi connectivity index (χ1) is 17.1. The number of rotatable bonds is 3. The van der Waals surface area contributed by atoms with E-state index in [1.54, 1.807) is 18.3 Å². The quantitative estimate of drug-likeness (QED) is 0.196. The number of thiophene rings is 1. The van der Waals surface area contributed by atoms with E-state index in [9.17, 15) is 13.6 Å². The number of aromatic nitrogens is 2. The molecule has 0 aliphatic heterocycles. The van der Waals surface area contributed by atoms with Crippen molar-refractivity contribution >= 4 is 27.4 Å². The van der Waals surface area contributed by atoms with Crippen LogP contribution >= 0.6 is 11.3 Å². The minimum atomic E-state index is -0.990. The van der Waals surface area contributed by atoms with Crippen molar-refractivity contribution < 1.29 is 38.8 Å². The average molecular weight is 694 g/mol. The van der Waals surface area contributed by atoms with Crippen molar-refractivity contribution in [3.05, 3.63) is 108 Å². The van der Waals surface area contributed by atoms with Gasteiger partial charge in [-0.1, -0.05) is 26.8 Å². The van der Waals surface area contributed by atoms with Gasteiger partial charge in [-0.05, 0) is 52.9 Å². The van der Waals surface area contributed by atoms with Gasteiger partial charge >= 0.3 is 5.97 Å². The van der Waals surface area contributed by atoms with Crippen molar-refractivity contribution in [1.29, 1.82) is 0 Å². The Morgan fingerprint density at radius 2 is 1.76 bits per heavy atom. The second kappa shape index (κ2) is 11.8. The Balaban J connectivity index is 0.000000324. The van der Waals surface area contributed by atoms with Crippen molar-refractivity contribution in [1.82, 2.24) is 9.97 Å². The smallest absolute Gasteiger partial charge is 0.354 e. The van der Waals surface area contributed by atoms with Crippen LogP contribution in [0.4, 0.5) is 8.78 Å². The molecule has 0 saturated heterocycles. The van der Waals surface area contributed by atoms with Gasteiger partial charge in [-0.2, -0.15) is 0 Å². The minimum Gasteiger partial charge on any atom is -0.477 e. The third-order valence-corrected chi connectivity index (χ3v) is 6.59. The Morgan fingerprint density at radius 3 is 2.32 bits per heavy atom. The molecule has 37 heavy (non-hydrogen) atoms. The number of carbonyl (C=O) groups is 1. The zero-order valence-corrected chi connectivity index (χ0v) is 23.5. The van der Waals surface area contributed by atoms with Crippen LogP contribution < -0.4 is 0 Å². The number of aromatic carboxylic acids is 1. The Kier molecular flexibility index (Phi) is 9.02.